The number of benzene rings is 2. The van der Waals surface area contributed by atoms with Crippen molar-refractivity contribution >= 4 is 17.6 Å². The van der Waals surface area contributed by atoms with Crippen LogP contribution in [0.3, 0.4) is 0 Å². The first kappa shape index (κ1) is 39.0. The van der Waals surface area contributed by atoms with E-state index in [4.69, 9.17) is 16.3 Å². The van der Waals surface area contributed by atoms with Crippen molar-refractivity contribution in [2.75, 3.05) is 13.1 Å². The zero-order valence-electron chi connectivity index (χ0n) is 18.5. The zero-order chi connectivity index (χ0) is 19.2. The number of hydrogen-bond donors (Lipinski definition) is 2. The van der Waals surface area contributed by atoms with Gasteiger partial charge in [-0.3, -0.25) is 0 Å². The molecule has 0 aromatic heterocycles. The van der Waals surface area contributed by atoms with Gasteiger partial charge < -0.3 is 52.4 Å². The maximum Gasteiger partial charge on any atom is 1.00 e. The third-order valence-electron chi connectivity index (χ3n) is 4.72. The van der Waals surface area contributed by atoms with Crippen LogP contribution in [-0.4, -0.2) is 57.7 Å². The van der Waals surface area contributed by atoms with E-state index >= 15 is 0 Å². The number of carboxylic acid groups (broad SMARTS) is 1. The third kappa shape index (κ3) is 12.1. The van der Waals surface area contributed by atoms with E-state index in [0.717, 1.165) is 35.3 Å². The number of rotatable bonds is 8. The van der Waals surface area contributed by atoms with Crippen molar-refractivity contribution in [3.63, 3.8) is 0 Å². The standard InChI is InChI=1S/C21H24ClNO4.Na.5H2O/c22-17-3-1-2-15(11-17)19(24)13-23-12-18-7-6-16-10-14(5-9-21(25)26)4-8-20(16)27-18;;;;;;/h1-4,8,10-11,18-19,23-24H,5-7,9,12-13H2,(H,25,26);;5*1H2/q;+1;;;;;/p-1/t18?,19-;;;;;;/m1....../s1. The van der Waals surface area contributed by atoms with Crippen LogP contribution in [-0.2, 0) is 17.6 Å². The molecule has 12 heteroatoms. The van der Waals surface area contributed by atoms with Gasteiger partial charge in [-0.25, -0.2) is 0 Å². The minimum atomic E-state index is -1.03. The van der Waals surface area contributed by atoms with E-state index in [2.05, 4.69) is 5.32 Å². The van der Waals surface area contributed by atoms with Gasteiger partial charge in [-0.2, -0.15) is 0 Å². The van der Waals surface area contributed by atoms with Gasteiger partial charge in [0.05, 0.1) is 6.10 Å². The molecule has 1 aliphatic heterocycles. The van der Waals surface area contributed by atoms with Crippen LogP contribution in [0.25, 0.3) is 0 Å². The quantitative estimate of drug-likeness (QED) is 0.336. The summed E-state index contributed by atoms with van der Waals surface area (Å²) in [6.07, 6.45) is 1.68. The van der Waals surface area contributed by atoms with Gasteiger partial charge in [0.15, 0.2) is 0 Å². The van der Waals surface area contributed by atoms with Gasteiger partial charge in [0.2, 0.25) is 0 Å². The van der Waals surface area contributed by atoms with E-state index in [1.54, 1.807) is 12.1 Å². The molecule has 184 valence electrons. The summed E-state index contributed by atoms with van der Waals surface area (Å²) < 4.78 is 6.03. The number of nitrogens with one attached hydrogen (secondary N) is 1. The summed E-state index contributed by atoms with van der Waals surface area (Å²) in [6.45, 7) is 1.07. The predicted molar refractivity (Wildman–Crippen MR) is 120 cm³/mol. The maximum atomic E-state index is 10.6. The van der Waals surface area contributed by atoms with Crippen molar-refractivity contribution in [2.45, 2.75) is 37.9 Å². The fourth-order valence-corrected chi connectivity index (χ4v) is 3.46. The van der Waals surface area contributed by atoms with Crippen molar-refractivity contribution in [1.82, 2.24) is 5.32 Å². The second-order valence-corrected chi connectivity index (χ2v) is 7.26. The van der Waals surface area contributed by atoms with E-state index in [0.29, 0.717) is 24.5 Å². The average molecular weight is 502 g/mol. The molecule has 12 N–H and O–H groups in total. The Balaban J connectivity index is -0.000000701. The van der Waals surface area contributed by atoms with E-state index in [1.165, 1.54) is 0 Å². The minimum Gasteiger partial charge on any atom is -0.550 e. The molecule has 0 fully saturated rings. The Bertz CT molecular complexity index is 813. The van der Waals surface area contributed by atoms with Crippen molar-refractivity contribution in [3.05, 3.63) is 64.2 Å². The SMILES string of the molecule is O.O.O.O.O.O=C([O-])CCc1ccc2c(c1)CCC(CNC[C@@H](O)c1cccc(Cl)c1)O2.[Na+]. The number of carbonyl (C=O) groups is 1. The first-order valence-electron chi connectivity index (χ1n) is 9.14. The van der Waals surface area contributed by atoms with Crippen LogP contribution in [0.5, 0.6) is 5.75 Å². The molecule has 1 aliphatic rings. The van der Waals surface area contributed by atoms with Crippen LogP contribution < -0.4 is 44.7 Å². The maximum absolute atomic E-state index is 10.6. The number of ether oxygens (including phenoxy) is 1. The molecule has 0 amide bonds. The molecular formula is C21H33ClNNaO9. The Kier molecular flexibility index (Phi) is 22.5. The minimum absolute atomic E-state index is 0. The Morgan fingerprint density at radius 3 is 2.48 bits per heavy atom. The van der Waals surface area contributed by atoms with Gasteiger partial charge in [-0.05, 0) is 60.6 Å². The molecule has 0 radical (unpaired) electrons. The van der Waals surface area contributed by atoms with Crippen molar-refractivity contribution in [3.8, 4) is 5.75 Å². The second-order valence-electron chi connectivity index (χ2n) is 6.82. The number of hydrogen-bond acceptors (Lipinski definition) is 5. The topological polar surface area (TPSA) is 239 Å². The molecule has 0 saturated carbocycles. The fraction of sp³-hybridized carbons (Fsp3) is 0.381. The summed E-state index contributed by atoms with van der Waals surface area (Å²) in [6, 6.07) is 13.0. The molecule has 2 atom stereocenters. The van der Waals surface area contributed by atoms with E-state index in [9.17, 15) is 15.0 Å². The monoisotopic (exact) mass is 501 g/mol. The number of fused-ring (bicyclic) bond motifs is 1. The Morgan fingerprint density at radius 2 is 1.85 bits per heavy atom. The number of halogens is 1. The summed E-state index contributed by atoms with van der Waals surface area (Å²) in [5, 5.41) is 24.7. The molecule has 0 aliphatic carbocycles. The third-order valence-corrected chi connectivity index (χ3v) is 4.95. The van der Waals surface area contributed by atoms with Crippen LogP contribution in [0.15, 0.2) is 42.5 Å². The molecule has 0 saturated heterocycles. The van der Waals surface area contributed by atoms with Gasteiger partial charge in [0, 0.05) is 24.1 Å². The summed E-state index contributed by atoms with van der Waals surface area (Å²) in [5.74, 6) is -0.185. The zero-order valence-corrected chi connectivity index (χ0v) is 21.2. The molecule has 0 spiro atoms. The molecule has 1 unspecified atom stereocenters. The van der Waals surface area contributed by atoms with Crippen molar-refractivity contribution < 1.29 is 76.7 Å². The fourth-order valence-electron chi connectivity index (χ4n) is 3.26. The van der Waals surface area contributed by atoms with E-state index in [-0.39, 0.29) is 69.5 Å². The normalized spacial score (nSPS) is 13.9. The summed E-state index contributed by atoms with van der Waals surface area (Å²) in [5.41, 5.74) is 2.89. The number of aliphatic hydroxyl groups is 1. The average Bonchev–Trinajstić information content (AvgIpc) is 2.66. The van der Waals surface area contributed by atoms with Gasteiger partial charge in [0.25, 0.3) is 0 Å². The predicted octanol–water partition coefficient (Wildman–Crippen LogP) is -5.08. The summed E-state index contributed by atoms with van der Waals surface area (Å²) in [4.78, 5) is 10.6. The summed E-state index contributed by atoms with van der Waals surface area (Å²) >= 11 is 5.96. The van der Waals surface area contributed by atoms with Gasteiger partial charge in [-0.1, -0.05) is 35.9 Å². The Morgan fingerprint density at radius 1 is 1.15 bits per heavy atom. The first-order chi connectivity index (χ1) is 13.0. The van der Waals surface area contributed by atoms with Crippen molar-refractivity contribution in [2.24, 2.45) is 0 Å². The van der Waals surface area contributed by atoms with Crippen LogP contribution in [0.2, 0.25) is 5.02 Å². The number of aliphatic carboxylic acids is 1. The second kappa shape index (κ2) is 19.1. The van der Waals surface area contributed by atoms with Gasteiger partial charge in [-0.15, -0.1) is 0 Å². The number of carboxylic acids is 1. The van der Waals surface area contributed by atoms with E-state index in [1.807, 2.05) is 30.3 Å². The molecule has 2 aromatic carbocycles. The van der Waals surface area contributed by atoms with Crippen LogP contribution in [0.1, 0.15) is 35.6 Å². The number of aliphatic hydroxyl groups excluding tert-OH is 1. The summed E-state index contributed by atoms with van der Waals surface area (Å²) in [7, 11) is 0. The molecule has 0 bridgehead atoms. The molecule has 10 nitrogen and oxygen atoms in total. The molecule has 2 aromatic rings. The van der Waals surface area contributed by atoms with Crippen LogP contribution >= 0.6 is 11.6 Å². The van der Waals surface area contributed by atoms with Crippen LogP contribution in [0, 0.1) is 0 Å². The molecule has 33 heavy (non-hydrogen) atoms. The van der Waals surface area contributed by atoms with Crippen LogP contribution in [0.4, 0.5) is 0 Å². The Hall–Kier alpha value is -1.28. The van der Waals surface area contributed by atoms with Crippen molar-refractivity contribution in [1.29, 1.82) is 0 Å². The number of aryl methyl sites for hydroxylation is 2. The van der Waals surface area contributed by atoms with Gasteiger partial charge >= 0.3 is 29.6 Å². The van der Waals surface area contributed by atoms with Gasteiger partial charge in [0.1, 0.15) is 11.9 Å². The first-order valence-corrected chi connectivity index (χ1v) is 9.51. The smallest absolute Gasteiger partial charge is 0.550 e. The molecular weight excluding hydrogens is 469 g/mol. The largest absolute Gasteiger partial charge is 1.00 e. The molecule has 3 rings (SSSR count). The number of carbonyl (C=O) groups excluding carboxylic acids is 1. The Labute approximate surface area is 219 Å². The molecule has 1 heterocycles. The van der Waals surface area contributed by atoms with E-state index < -0.39 is 12.1 Å².